The Balaban J connectivity index is 1.55. The van der Waals surface area contributed by atoms with Gasteiger partial charge in [0.25, 0.3) is 5.91 Å². The van der Waals surface area contributed by atoms with Gasteiger partial charge in [0.15, 0.2) is 6.61 Å². The van der Waals surface area contributed by atoms with Gasteiger partial charge in [-0.05, 0) is 32.0 Å². The summed E-state index contributed by atoms with van der Waals surface area (Å²) in [7, 11) is 3.05. The molecule has 3 aromatic rings. The molecule has 1 aliphatic rings. The number of nitrogens with zero attached hydrogens (tertiary/aromatic N) is 2. The summed E-state index contributed by atoms with van der Waals surface area (Å²) in [6, 6.07) is 12.9. The maximum Gasteiger partial charge on any atom is 0.339 e. The monoisotopic (exact) mass is 463 g/mol. The van der Waals surface area contributed by atoms with Crippen molar-refractivity contribution in [2.45, 2.75) is 32.9 Å². The van der Waals surface area contributed by atoms with Crippen molar-refractivity contribution >= 4 is 28.5 Å². The van der Waals surface area contributed by atoms with Gasteiger partial charge >= 0.3 is 5.97 Å². The molecule has 34 heavy (non-hydrogen) atoms. The average Bonchev–Trinajstić information content (AvgIpc) is 2.85. The van der Waals surface area contributed by atoms with Crippen LogP contribution in [0.2, 0.25) is 0 Å². The summed E-state index contributed by atoms with van der Waals surface area (Å²) in [5.41, 5.74) is 3.49. The van der Waals surface area contributed by atoms with Gasteiger partial charge in [0, 0.05) is 48.3 Å². The Bertz CT molecular complexity index is 1220. The minimum absolute atomic E-state index is 0.341. The molecule has 8 heteroatoms. The number of benzene rings is 2. The number of methoxy groups -OCH3 is 2. The summed E-state index contributed by atoms with van der Waals surface area (Å²) in [5.74, 6) is 0.0539. The first-order valence-electron chi connectivity index (χ1n) is 11.2. The number of amides is 1. The highest BCUT2D eigenvalue weighted by atomic mass is 16.5. The lowest BCUT2D eigenvalue weighted by atomic mass is 9.95. The number of hydrogen-bond donors (Lipinski definition) is 1. The molecule has 0 bridgehead atoms. The third kappa shape index (κ3) is 4.82. The van der Waals surface area contributed by atoms with E-state index in [4.69, 9.17) is 19.2 Å². The number of carbonyl (C=O) groups is 2. The van der Waals surface area contributed by atoms with E-state index < -0.39 is 18.5 Å². The van der Waals surface area contributed by atoms with Crippen LogP contribution in [0.1, 0.15) is 35.5 Å². The molecule has 0 saturated heterocycles. The van der Waals surface area contributed by atoms with Crippen molar-refractivity contribution in [3.05, 3.63) is 59.3 Å². The second-order valence-corrected chi connectivity index (χ2v) is 8.43. The molecule has 1 N–H and O–H groups in total. The highest BCUT2D eigenvalue weighted by Crippen LogP contribution is 2.30. The molecule has 178 valence electrons. The van der Waals surface area contributed by atoms with E-state index in [2.05, 4.69) is 24.1 Å². The molecule has 4 rings (SSSR count). The summed E-state index contributed by atoms with van der Waals surface area (Å²) in [6.45, 7) is 5.35. The smallest absolute Gasteiger partial charge is 0.339 e. The second kappa shape index (κ2) is 10.1. The maximum atomic E-state index is 13.3. The van der Waals surface area contributed by atoms with Crippen molar-refractivity contribution in [1.29, 1.82) is 0 Å². The fourth-order valence-corrected chi connectivity index (χ4v) is 4.18. The van der Waals surface area contributed by atoms with E-state index in [1.54, 1.807) is 25.3 Å². The molecule has 8 nitrogen and oxygen atoms in total. The van der Waals surface area contributed by atoms with Gasteiger partial charge in [0.1, 0.15) is 11.5 Å². The Morgan fingerprint density at radius 3 is 2.65 bits per heavy atom. The maximum absolute atomic E-state index is 13.3. The van der Waals surface area contributed by atoms with Crippen LogP contribution in [0.5, 0.6) is 11.5 Å². The van der Waals surface area contributed by atoms with Crippen molar-refractivity contribution in [3.63, 3.8) is 0 Å². The highest BCUT2D eigenvalue weighted by Gasteiger charge is 2.28. The minimum Gasteiger partial charge on any atom is -0.497 e. The van der Waals surface area contributed by atoms with Crippen molar-refractivity contribution in [1.82, 2.24) is 9.88 Å². The summed E-state index contributed by atoms with van der Waals surface area (Å²) in [6.07, 6.45) is 0.760. The summed E-state index contributed by atoms with van der Waals surface area (Å²) < 4.78 is 16.0. The summed E-state index contributed by atoms with van der Waals surface area (Å²) >= 11 is 0. The molecule has 1 amide bonds. The van der Waals surface area contributed by atoms with Crippen molar-refractivity contribution < 1.29 is 23.8 Å². The van der Waals surface area contributed by atoms with Crippen LogP contribution >= 0.6 is 0 Å². The van der Waals surface area contributed by atoms with Crippen molar-refractivity contribution in [2.75, 3.05) is 32.7 Å². The van der Waals surface area contributed by atoms with Gasteiger partial charge in [-0.15, -0.1) is 0 Å². The lowest BCUT2D eigenvalue weighted by Crippen LogP contribution is -2.37. The topological polar surface area (TPSA) is 90.0 Å². The summed E-state index contributed by atoms with van der Waals surface area (Å²) in [4.78, 5) is 33.0. The van der Waals surface area contributed by atoms with E-state index >= 15 is 0 Å². The molecule has 1 aromatic heterocycles. The second-order valence-electron chi connectivity index (χ2n) is 8.43. The number of rotatable bonds is 7. The van der Waals surface area contributed by atoms with Gasteiger partial charge in [0.2, 0.25) is 0 Å². The fourth-order valence-electron chi connectivity index (χ4n) is 4.18. The largest absolute Gasteiger partial charge is 0.497 e. The fraction of sp³-hybridized carbons (Fsp3) is 0.346. The molecule has 0 fully saturated rings. The van der Waals surface area contributed by atoms with Crippen LogP contribution in [0.15, 0.2) is 42.5 Å². The zero-order valence-electron chi connectivity index (χ0n) is 19.9. The minimum atomic E-state index is -0.530. The molecule has 2 aromatic carbocycles. The van der Waals surface area contributed by atoms with E-state index in [1.807, 2.05) is 24.3 Å². The first-order chi connectivity index (χ1) is 16.4. The van der Waals surface area contributed by atoms with Crippen molar-refractivity contribution in [2.24, 2.45) is 0 Å². The molecule has 0 saturated carbocycles. The molecular weight excluding hydrogens is 434 g/mol. The lowest BCUT2D eigenvalue weighted by molar-refractivity contribution is -0.119. The molecule has 0 atom stereocenters. The van der Waals surface area contributed by atoms with E-state index in [0.717, 1.165) is 35.1 Å². The van der Waals surface area contributed by atoms with E-state index in [-0.39, 0.29) is 0 Å². The Morgan fingerprint density at radius 1 is 1.12 bits per heavy atom. The van der Waals surface area contributed by atoms with Gasteiger partial charge in [-0.2, -0.15) is 0 Å². The van der Waals surface area contributed by atoms with Crippen LogP contribution in [0.4, 0.5) is 5.69 Å². The van der Waals surface area contributed by atoms with Gasteiger partial charge in [-0.25, -0.2) is 4.79 Å². The SMILES string of the molecule is COc1ccc(NC(=O)COC(=O)c2c3c(nc4ccccc24)CCN(C(C)C)C3)c(OC)c1. The Morgan fingerprint density at radius 2 is 1.91 bits per heavy atom. The predicted molar refractivity (Wildman–Crippen MR) is 129 cm³/mol. The van der Waals surface area contributed by atoms with Crippen molar-refractivity contribution in [3.8, 4) is 11.5 Å². The van der Waals surface area contributed by atoms with Gasteiger partial charge in [-0.3, -0.25) is 14.7 Å². The molecule has 0 unspecified atom stereocenters. The number of carbonyl (C=O) groups excluding carboxylic acids is 2. The molecule has 0 radical (unpaired) electrons. The number of esters is 1. The number of ether oxygens (including phenoxy) is 3. The van der Waals surface area contributed by atoms with Crippen LogP contribution in [-0.4, -0.2) is 55.2 Å². The number of hydrogen-bond acceptors (Lipinski definition) is 7. The first kappa shape index (κ1) is 23.5. The van der Waals surface area contributed by atoms with Gasteiger partial charge in [0.05, 0.1) is 31.0 Å². The Kier molecular flexibility index (Phi) is 6.98. The van der Waals surface area contributed by atoms with Crippen LogP contribution in [0.25, 0.3) is 10.9 Å². The van der Waals surface area contributed by atoms with Gasteiger partial charge in [-0.1, -0.05) is 18.2 Å². The van der Waals surface area contributed by atoms with Crippen LogP contribution < -0.4 is 14.8 Å². The number of para-hydroxylation sites is 1. The van der Waals surface area contributed by atoms with E-state index in [9.17, 15) is 9.59 Å². The van der Waals surface area contributed by atoms with Crippen LogP contribution in [-0.2, 0) is 22.5 Å². The zero-order chi connectivity index (χ0) is 24.2. The third-order valence-corrected chi connectivity index (χ3v) is 6.03. The van der Waals surface area contributed by atoms with Crippen LogP contribution in [0.3, 0.4) is 0 Å². The number of aromatic nitrogens is 1. The van der Waals surface area contributed by atoms with E-state index in [0.29, 0.717) is 35.3 Å². The number of fused-ring (bicyclic) bond motifs is 2. The molecule has 2 heterocycles. The number of nitrogens with one attached hydrogen (secondary N) is 1. The number of pyridine rings is 1. The number of anilines is 1. The lowest BCUT2D eigenvalue weighted by Gasteiger charge is -2.32. The highest BCUT2D eigenvalue weighted by molar-refractivity contribution is 6.06. The molecule has 1 aliphatic heterocycles. The Labute approximate surface area is 198 Å². The zero-order valence-corrected chi connectivity index (χ0v) is 19.9. The average molecular weight is 464 g/mol. The quantitative estimate of drug-likeness (QED) is 0.533. The third-order valence-electron chi connectivity index (χ3n) is 6.03. The first-order valence-corrected chi connectivity index (χ1v) is 11.2. The molecular formula is C26H29N3O5. The van der Waals surface area contributed by atoms with Crippen LogP contribution in [0, 0.1) is 0 Å². The standard InChI is InChI=1S/C26H29N3O5/c1-16(2)29-12-11-21-19(14-29)25(18-7-5-6-8-20(18)27-21)26(31)34-15-24(30)28-22-10-9-17(32-3)13-23(22)33-4/h5-10,13,16H,11-12,14-15H2,1-4H3,(H,28,30). The van der Waals surface area contributed by atoms with Gasteiger partial charge < -0.3 is 19.5 Å². The normalized spacial score (nSPS) is 13.4. The molecule has 0 aliphatic carbocycles. The Hall–Kier alpha value is -3.65. The predicted octanol–water partition coefficient (Wildman–Crippen LogP) is 3.81. The summed E-state index contributed by atoms with van der Waals surface area (Å²) in [5, 5.41) is 3.45. The van der Waals surface area contributed by atoms with E-state index in [1.165, 1.54) is 7.11 Å². The molecule has 0 spiro atoms.